The van der Waals surface area contributed by atoms with Crippen LogP contribution in [0.4, 0.5) is 5.69 Å². The van der Waals surface area contributed by atoms with Crippen LogP contribution >= 0.6 is 0 Å². The summed E-state index contributed by atoms with van der Waals surface area (Å²) in [5.74, 6) is -0.403. The van der Waals surface area contributed by atoms with Crippen LogP contribution in [0.2, 0.25) is 0 Å². The summed E-state index contributed by atoms with van der Waals surface area (Å²) in [7, 11) is 0. The highest BCUT2D eigenvalue weighted by molar-refractivity contribution is 5.97. The lowest BCUT2D eigenvalue weighted by molar-refractivity contribution is -0.124. The molecule has 3 rings (SSSR count). The van der Waals surface area contributed by atoms with Crippen LogP contribution in [0.1, 0.15) is 59.8 Å². The lowest BCUT2D eigenvalue weighted by atomic mass is 9.87. The summed E-state index contributed by atoms with van der Waals surface area (Å²) in [6.45, 7) is 5.85. The Hall–Kier alpha value is -2.82. The number of hydrogen-bond acceptors (Lipinski definition) is 3. The highest BCUT2D eigenvalue weighted by Gasteiger charge is 2.29. The Bertz CT molecular complexity index is 859. The molecule has 4 N–H and O–H groups in total. The van der Waals surface area contributed by atoms with E-state index in [2.05, 4.69) is 10.6 Å². The molecule has 0 saturated heterocycles. The molecule has 2 aromatic rings. The molecular weight excluding hydrogens is 350 g/mol. The fraction of sp³-hybridized carbons (Fsp3) is 0.391. The Morgan fingerprint density at radius 1 is 1.11 bits per heavy atom. The highest BCUT2D eigenvalue weighted by Crippen LogP contribution is 2.31. The molecule has 1 aliphatic rings. The summed E-state index contributed by atoms with van der Waals surface area (Å²) in [6, 6.07) is 12.6. The largest absolute Gasteiger partial charge is 0.399 e. The van der Waals surface area contributed by atoms with Gasteiger partial charge in [0.2, 0.25) is 5.91 Å². The molecule has 0 aromatic heterocycles. The first-order valence-electron chi connectivity index (χ1n) is 9.91. The van der Waals surface area contributed by atoms with Gasteiger partial charge in [-0.2, -0.15) is 0 Å². The van der Waals surface area contributed by atoms with E-state index in [1.165, 1.54) is 5.56 Å². The van der Waals surface area contributed by atoms with E-state index in [9.17, 15) is 9.59 Å². The minimum absolute atomic E-state index is 0.0242. The lowest BCUT2D eigenvalue weighted by Gasteiger charge is -2.29. The topological polar surface area (TPSA) is 84.2 Å². The molecule has 148 valence electrons. The second kappa shape index (κ2) is 8.46. The zero-order valence-electron chi connectivity index (χ0n) is 16.8. The van der Waals surface area contributed by atoms with Crippen molar-refractivity contribution in [2.24, 2.45) is 5.92 Å². The number of fused-ring (bicyclic) bond motifs is 1. The minimum atomic E-state index is -0.590. The maximum atomic E-state index is 13.0. The second-order valence-corrected chi connectivity index (χ2v) is 7.97. The number of nitrogen functional groups attached to an aromatic ring is 1. The molecule has 0 heterocycles. The fourth-order valence-corrected chi connectivity index (χ4v) is 3.71. The van der Waals surface area contributed by atoms with Gasteiger partial charge in [0.25, 0.3) is 5.91 Å². The molecule has 2 amide bonds. The van der Waals surface area contributed by atoms with Crippen molar-refractivity contribution < 1.29 is 9.59 Å². The van der Waals surface area contributed by atoms with Crippen molar-refractivity contribution in [1.82, 2.24) is 10.6 Å². The fourth-order valence-electron chi connectivity index (χ4n) is 3.71. The molecule has 2 unspecified atom stereocenters. The van der Waals surface area contributed by atoms with Crippen molar-refractivity contribution in [2.45, 2.75) is 52.1 Å². The Morgan fingerprint density at radius 3 is 2.50 bits per heavy atom. The molecule has 5 heteroatoms. The van der Waals surface area contributed by atoms with Crippen LogP contribution in [0, 0.1) is 12.8 Å². The number of amides is 2. The first-order valence-corrected chi connectivity index (χ1v) is 9.91. The summed E-state index contributed by atoms with van der Waals surface area (Å²) in [5, 5.41) is 6.05. The molecule has 0 aliphatic heterocycles. The number of anilines is 1. The molecule has 2 aromatic carbocycles. The van der Waals surface area contributed by atoms with E-state index < -0.39 is 6.04 Å². The smallest absolute Gasteiger partial charge is 0.251 e. The number of aryl methyl sites for hydroxylation is 2. The van der Waals surface area contributed by atoms with Gasteiger partial charge < -0.3 is 16.4 Å². The Labute approximate surface area is 166 Å². The molecule has 0 spiro atoms. The molecule has 0 radical (unpaired) electrons. The molecule has 28 heavy (non-hydrogen) atoms. The van der Waals surface area contributed by atoms with Gasteiger partial charge in [-0.1, -0.05) is 37.6 Å². The summed E-state index contributed by atoms with van der Waals surface area (Å²) in [5.41, 5.74) is 10.6. The third-order valence-corrected chi connectivity index (χ3v) is 5.35. The Balaban J connectivity index is 1.72. The van der Waals surface area contributed by atoms with Crippen LogP contribution in [0.25, 0.3) is 0 Å². The van der Waals surface area contributed by atoms with Gasteiger partial charge in [-0.3, -0.25) is 9.59 Å². The maximum Gasteiger partial charge on any atom is 0.251 e. The molecule has 0 fully saturated rings. The van der Waals surface area contributed by atoms with Crippen LogP contribution in [-0.4, -0.2) is 17.9 Å². The van der Waals surface area contributed by atoms with Crippen molar-refractivity contribution in [3.63, 3.8) is 0 Å². The van der Waals surface area contributed by atoms with Gasteiger partial charge >= 0.3 is 0 Å². The summed E-state index contributed by atoms with van der Waals surface area (Å²) < 4.78 is 0. The van der Waals surface area contributed by atoms with E-state index >= 15 is 0 Å². The van der Waals surface area contributed by atoms with Crippen LogP contribution in [0.15, 0.2) is 42.5 Å². The number of benzene rings is 2. The zero-order chi connectivity index (χ0) is 20.3. The quantitative estimate of drug-likeness (QED) is 0.695. The van der Waals surface area contributed by atoms with Gasteiger partial charge in [0.15, 0.2) is 0 Å². The Kier molecular flexibility index (Phi) is 6.02. The summed E-state index contributed by atoms with van der Waals surface area (Å²) >= 11 is 0. The van der Waals surface area contributed by atoms with E-state index in [4.69, 9.17) is 5.73 Å². The van der Waals surface area contributed by atoms with E-state index in [1.807, 2.05) is 51.1 Å². The number of nitrogens with one attached hydrogen (secondary N) is 2. The minimum Gasteiger partial charge on any atom is -0.399 e. The van der Waals surface area contributed by atoms with Crippen LogP contribution < -0.4 is 16.4 Å². The molecule has 0 saturated carbocycles. The van der Waals surface area contributed by atoms with Gasteiger partial charge in [-0.15, -0.1) is 0 Å². The molecule has 2 atom stereocenters. The summed E-state index contributed by atoms with van der Waals surface area (Å²) in [6.07, 6.45) is 2.87. The van der Waals surface area contributed by atoms with Crippen molar-refractivity contribution in [2.75, 3.05) is 5.73 Å². The molecule has 5 nitrogen and oxygen atoms in total. The van der Waals surface area contributed by atoms with Crippen LogP contribution in [-0.2, 0) is 11.2 Å². The third-order valence-electron chi connectivity index (χ3n) is 5.35. The molecule has 0 bridgehead atoms. The van der Waals surface area contributed by atoms with E-state index in [-0.39, 0.29) is 23.8 Å². The number of nitrogens with two attached hydrogens (primary N) is 1. The molecular formula is C23H29N3O2. The van der Waals surface area contributed by atoms with Gasteiger partial charge in [0, 0.05) is 11.3 Å². The summed E-state index contributed by atoms with van der Waals surface area (Å²) in [4.78, 5) is 25.6. The second-order valence-electron chi connectivity index (χ2n) is 7.97. The predicted molar refractivity (Wildman–Crippen MR) is 112 cm³/mol. The van der Waals surface area contributed by atoms with Crippen LogP contribution in [0.5, 0.6) is 0 Å². The zero-order valence-corrected chi connectivity index (χ0v) is 16.8. The van der Waals surface area contributed by atoms with Gasteiger partial charge in [0.1, 0.15) is 6.04 Å². The average molecular weight is 380 g/mol. The standard InChI is InChI=1S/C23H29N3O2/c1-14(2)21(26-22(27)16-9-7-15(3)8-10-16)23(28)25-20-6-4-5-17-13-18(24)11-12-19(17)20/h7-14,20-21H,4-6,24H2,1-3H3,(H,25,28)(H,26,27). The predicted octanol–water partition coefficient (Wildman–Crippen LogP) is 3.53. The first kappa shape index (κ1) is 19.9. The average Bonchev–Trinajstić information content (AvgIpc) is 2.66. The van der Waals surface area contributed by atoms with Crippen molar-refractivity contribution in [3.8, 4) is 0 Å². The first-order chi connectivity index (χ1) is 13.3. The van der Waals surface area contributed by atoms with E-state index in [1.54, 1.807) is 12.1 Å². The number of rotatable bonds is 5. The number of hydrogen-bond donors (Lipinski definition) is 3. The molecule has 1 aliphatic carbocycles. The van der Waals surface area contributed by atoms with Gasteiger partial charge in [0.05, 0.1) is 6.04 Å². The van der Waals surface area contributed by atoms with Crippen molar-refractivity contribution in [3.05, 3.63) is 64.7 Å². The number of carbonyl (C=O) groups is 2. The van der Waals surface area contributed by atoms with Gasteiger partial charge in [-0.25, -0.2) is 0 Å². The number of carbonyl (C=O) groups excluding carboxylic acids is 2. The normalized spacial score (nSPS) is 16.9. The van der Waals surface area contributed by atoms with Crippen LogP contribution in [0.3, 0.4) is 0 Å². The lowest BCUT2D eigenvalue weighted by Crippen LogP contribution is -2.50. The van der Waals surface area contributed by atoms with Crippen molar-refractivity contribution in [1.29, 1.82) is 0 Å². The Morgan fingerprint density at radius 2 is 1.82 bits per heavy atom. The highest BCUT2D eigenvalue weighted by atomic mass is 16.2. The monoisotopic (exact) mass is 379 g/mol. The van der Waals surface area contributed by atoms with Crippen molar-refractivity contribution >= 4 is 17.5 Å². The van der Waals surface area contributed by atoms with E-state index in [0.29, 0.717) is 5.56 Å². The van der Waals surface area contributed by atoms with Gasteiger partial charge in [-0.05, 0) is 67.5 Å². The third kappa shape index (κ3) is 4.53. The maximum absolute atomic E-state index is 13.0. The van der Waals surface area contributed by atoms with E-state index in [0.717, 1.165) is 36.1 Å². The SMILES string of the molecule is Cc1ccc(C(=O)NC(C(=O)NC2CCCc3cc(N)ccc32)C(C)C)cc1.